The van der Waals surface area contributed by atoms with Crippen molar-refractivity contribution in [3.05, 3.63) is 72.3 Å². The van der Waals surface area contributed by atoms with Crippen LogP contribution in [-0.2, 0) is 19.2 Å². The zero-order valence-corrected chi connectivity index (χ0v) is 18.4. The largest absolute Gasteiger partial charge is 0.481 e. The Kier molecular flexibility index (Phi) is 6.21. The van der Waals surface area contributed by atoms with Crippen LogP contribution in [0.5, 0.6) is 11.5 Å². The molecule has 2 aliphatic heterocycles. The number of allylic oxidation sites excluding steroid dienone is 1. The summed E-state index contributed by atoms with van der Waals surface area (Å²) in [7, 11) is 0. The number of carboxylic acids is 2. The lowest BCUT2D eigenvalue weighted by molar-refractivity contribution is -0.155. The smallest absolute Gasteiger partial charge is 0.325 e. The highest BCUT2D eigenvalue weighted by atomic mass is 16.5. The first-order valence-corrected chi connectivity index (χ1v) is 10.8. The highest BCUT2D eigenvalue weighted by molar-refractivity contribution is 6.10. The van der Waals surface area contributed by atoms with Crippen LogP contribution in [0.2, 0.25) is 0 Å². The maximum Gasteiger partial charge on any atom is 0.325 e. The molecule has 2 saturated heterocycles. The van der Waals surface area contributed by atoms with Crippen molar-refractivity contribution in [3.8, 4) is 11.5 Å². The molecule has 0 aromatic heterocycles. The van der Waals surface area contributed by atoms with Gasteiger partial charge in [-0.25, -0.2) is 0 Å². The zero-order valence-electron chi connectivity index (χ0n) is 18.4. The molecule has 0 bridgehead atoms. The Balaban J connectivity index is 1.71. The molecule has 2 aromatic carbocycles. The third-order valence-electron chi connectivity index (χ3n) is 6.30. The lowest BCUT2D eigenvalue weighted by atomic mass is 9.77. The van der Waals surface area contributed by atoms with Gasteiger partial charge in [0.05, 0.1) is 18.3 Å². The van der Waals surface area contributed by atoms with Gasteiger partial charge in [-0.1, -0.05) is 42.5 Å². The summed E-state index contributed by atoms with van der Waals surface area (Å²) in [5.41, 5.74) is -1.56. The van der Waals surface area contributed by atoms with Crippen molar-refractivity contribution in [2.75, 3.05) is 6.54 Å². The Morgan fingerprint density at radius 1 is 1.03 bits per heavy atom. The number of ether oxygens (including phenoxy) is 1. The molecule has 0 saturated carbocycles. The van der Waals surface area contributed by atoms with Crippen molar-refractivity contribution < 1.29 is 34.1 Å². The van der Waals surface area contributed by atoms with E-state index in [9.17, 15) is 29.4 Å². The van der Waals surface area contributed by atoms with Crippen LogP contribution in [0, 0.1) is 11.8 Å². The predicted octanol–water partition coefficient (Wildman–Crippen LogP) is 2.60. The van der Waals surface area contributed by atoms with Gasteiger partial charge in [0.15, 0.2) is 0 Å². The number of rotatable bonds is 8. The molecule has 4 unspecified atom stereocenters. The topological polar surface area (TPSA) is 133 Å². The fourth-order valence-electron chi connectivity index (χ4n) is 4.78. The average molecular weight is 464 g/mol. The SMILES string of the molecule is C/C=C/CN1C(=O)C2C(c3ccc(Oc4ccccc4)cc3)NC(CC(=O)O)(C(=O)O)C2C1=O. The second-order valence-corrected chi connectivity index (χ2v) is 8.31. The maximum absolute atomic E-state index is 13.3. The van der Waals surface area contributed by atoms with E-state index in [1.165, 1.54) is 0 Å². The molecule has 4 rings (SSSR count). The van der Waals surface area contributed by atoms with E-state index in [0.717, 1.165) is 4.90 Å². The Labute approximate surface area is 195 Å². The number of carbonyl (C=O) groups excluding carboxylic acids is 2. The van der Waals surface area contributed by atoms with Crippen LogP contribution in [0.1, 0.15) is 24.9 Å². The molecule has 9 nitrogen and oxygen atoms in total. The van der Waals surface area contributed by atoms with E-state index in [1.54, 1.807) is 55.5 Å². The fraction of sp³-hybridized carbons (Fsp3) is 0.280. The molecule has 9 heteroatoms. The lowest BCUT2D eigenvalue weighted by Gasteiger charge is -2.29. The normalized spacial score (nSPS) is 26.1. The Morgan fingerprint density at radius 3 is 2.26 bits per heavy atom. The van der Waals surface area contributed by atoms with Crippen molar-refractivity contribution in [1.82, 2.24) is 10.2 Å². The van der Waals surface area contributed by atoms with E-state index in [0.29, 0.717) is 17.1 Å². The van der Waals surface area contributed by atoms with Crippen molar-refractivity contribution in [2.24, 2.45) is 11.8 Å². The summed E-state index contributed by atoms with van der Waals surface area (Å²) in [6.07, 6.45) is 2.46. The first kappa shape index (κ1) is 23.2. The van der Waals surface area contributed by atoms with Crippen LogP contribution in [-0.4, -0.2) is 50.9 Å². The maximum atomic E-state index is 13.3. The summed E-state index contributed by atoms with van der Waals surface area (Å²) in [5, 5.41) is 22.4. The monoisotopic (exact) mass is 464 g/mol. The van der Waals surface area contributed by atoms with E-state index in [1.807, 2.05) is 18.2 Å². The lowest BCUT2D eigenvalue weighted by Crippen LogP contribution is -2.56. The Bertz CT molecular complexity index is 1150. The van der Waals surface area contributed by atoms with Gasteiger partial charge < -0.3 is 14.9 Å². The van der Waals surface area contributed by atoms with Gasteiger partial charge >= 0.3 is 11.9 Å². The van der Waals surface area contributed by atoms with Crippen molar-refractivity contribution in [1.29, 1.82) is 0 Å². The third kappa shape index (κ3) is 3.94. The minimum absolute atomic E-state index is 0.000507. The van der Waals surface area contributed by atoms with Gasteiger partial charge in [0.1, 0.15) is 17.0 Å². The number of para-hydroxylation sites is 1. The Hall–Kier alpha value is -3.98. The second kappa shape index (κ2) is 9.11. The quantitative estimate of drug-likeness (QED) is 0.401. The average Bonchev–Trinajstić information content (AvgIpc) is 3.27. The fourth-order valence-corrected chi connectivity index (χ4v) is 4.78. The molecule has 4 atom stereocenters. The summed E-state index contributed by atoms with van der Waals surface area (Å²) < 4.78 is 5.78. The number of nitrogens with one attached hydrogen (secondary N) is 1. The van der Waals surface area contributed by atoms with Crippen molar-refractivity contribution in [2.45, 2.75) is 24.9 Å². The molecule has 0 spiro atoms. The van der Waals surface area contributed by atoms with Gasteiger partial charge in [-0.3, -0.25) is 29.4 Å². The van der Waals surface area contributed by atoms with E-state index >= 15 is 0 Å². The van der Waals surface area contributed by atoms with Crippen LogP contribution in [0.4, 0.5) is 0 Å². The van der Waals surface area contributed by atoms with Crippen LogP contribution < -0.4 is 10.1 Å². The first-order chi connectivity index (χ1) is 16.3. The van der Waals surface area contributed by atoms with E-state index in [-0.39, 0.29) is 6.54 Å². The number of benzene rings is 2. The zero-order chi connectivity index (χ0) is 24.5. The molecule has 2 aliphatic rings. The van der Waals surface area contributed by atoms with Crippen LogP contribution in [0.25, 0.3) is 0 Å². The van der Waals surface area contributed by atoms with Crippen LogP contribution in [0.15, 0.2) is 66.7 Å². The number of nitrogens with zero attached hydrogens (tertiary/aromatic N) is 1. The van der Waals surface area contributed by atoms with E-state index < -0.39 is 53.6 Å². The number of hydrogen-bond donors (Lipinski definition) is 3. The molecule has 176 valence electrons. The summed E-state index contributed by atoms with van der Waals surface area (Å²) >= 11 is 0. The van der Waals surface area contributed by atoms with Crippen molar-refractivity contribution in [3.63, 3.8) is 0 Å². The van der Waals surface area contributed by atoms with Crippen LogP contribution >= 0.6 is 0 Å². The first-order valence-electron chi connectivity index (χ1n) is 10.8. The number of hydrogen-bond acceptors (Lipinski definition) is 6. The number of imide groups is 1. The van der Waals surface area contributed by atoms with Gasteiger partial charge in [0, 0.05) is 12.6 Å². The van der Waals surface area contributed by atoms with Gasteiger partial charge in [-0.15, -0.1) is 0 Å². The predicted molar refractivity (Wildman–Crippen MR) is 120 cm³/mol. The highest BCUT2D eigenvalue weighted by Crippen LogP contribution is 2.50. The number of carboxylic acid groups (broad SMARTS) is 2. The number of amides is 2. The van der Waals surface area contributed by atoms with Crippen molar-refractivity contribution >= 4 is 23.8 Å². The number of aliphatic carboxylic acids is 2. The number of fused-ring (bicyclic) bond motifs is 1. The molecule has 2 aromatic rings. The molecule has 0 aliphatic carbocycles. The van der Waals surface area contributed by atoms with E-state index in [4.69, 9.17) is 4.74 Å². The third-order valence-corrected chi connectivity index (χ3v) is 6.30. The minimum Gasteiger partial charge on any atom is -0.481 e. The summed E-state index contributed by atoms with van der Waals surface area (Å²) in [6, 6.07) is 15.0. The molecule has 2 heterocycles. The molecular formula is C25H24N2O7. The second-order valence-electron chi connectivity index (χ2n) is 8.31. The minimum atomic E-state index is -2.11. The van der Waals surface area contributed by atoms with Gasteiger partial charge in [-0.05, 0) is 36.8 Å². The standard InChI is InChI=1S/C25H24N2O7/c1-2-3-13-27-22(30)19-20(23(27)31)25(24(32)33,14-18(28)29)26-21(19)15-9-11-17(12-10-15)34-16-7-5-4-6-8-16/h2-12,19-21,26H,13-14H2,1H3,(H,28,29)(H,32,33)/b3-2+. The highest BCUT2D eigenvalue weighted by Gasteiger charge is 2.68. The molecule has 3 N–H and O–H groups in total. The molecule has 2 amide bonds. The molecular weight excluding hydrogens is 440 g/mol. The molecule has 2 fully saturated rings. The number of carbonyl (C=O) groups is 4. The van der Waals surface area contributed by atoms with Gasteiger partial charge in [0.25, 0.3) is 0 Å². The van der Waals surface area contributed by atoms with Crippen LogP contribution in [0.3, 0.4) is 0 Å². The Morgan fingerprint density at radius 2 is 1.68 bits per heavy atom. The molecule has 34 heavy (non-hydrogen) atoms. The molecule has 0 radical (unpaired) electrons. The van der Waals surface area contributed by atoms with Gasteiger partial charge in [-0.2, -0.15) is 0 Å². The van der Waals surface area contributed by atoms with Gasteiger partial charge in [0.2, 0.25) is 11.8 Å². The summed E-state index contributed by atoms with van der Waals surface area (Å²) in [4.78, 5) is 51.4. The van der Waals surface area contributed by atoms with E-state index in [2.05, 4.69) is 5.32 Å². The number of likely N-dealkylation sites (tertiary alicyclic amines) is 1. The summed E-state index contributed by atoms with van der Waals surface area (Å²) in [6.45, 7) is 1.74. The summed E-state index contributed by atoms with van der Waals surface area (Å²) in [5.74, 6) is -5.30.